The molecule has 1 saturated heterocycles. The molecule has 0 saturated carbocycles. The second-order valence-electron chi connectivity index (χ2n) is 3.04. The molecule has 0 aliphatic carbocycles. The summed E-state index contributed by atoms with van der Waals surface area (Å²) in [4.78, 5) is 1.10. The van der Waals surface area contributed by atoms with Gasteiger partial charge in [0.15, 0.2) is 0 Å². The minimum atomic E-state index is -3.84. The molecular formula is C8H10BrF4NO. The SMILES string of the molecule is FC(=CBr)C(F)C(F)(F)N1CCOCC1. The Morgan fingerprint density at radius 3 is 2.40 bits per heavy atom. The van der Waals surface area contributed by atoms with Crippen molar-refractivity contribution in [3.05, 3.63) is 10.8 Å². The van der Waals surface area contributed by atoms with Crippen molar-refractivity contribution < 1.29 is 22.3 Å². The fourth-order valence-corrected chi connectivity index (χ4v) is 1.48. The summed E-state index contributed by atoms with van der Waals surface area (Å²) in [5, 5.41) is 0. The maximum Gasteiger partial charge on any atom is 0.342 e. The van der Waals surface area contributed by atoms with Crippen LogP contribution in [0.15, 0.2) is 10.8 Å². The first kappa shape index (κ1) is 12.9. The average Bonchev–Trinajstić information content (AvgIpc) is 2.28. The van der Waals surface area contributed by atoms with Crippen molar-refractivity contribution >= 4 is 15.9 Å². The van der Waals surface area contributed by atoms with Crippen LogP contribution in [-0.4, -0.2) is 43.4 Å². The lowest BCUT2D eigenvalue weighted by molar-refractivity contribution is -0.204. The minimum absolute atomic E-state index is 0.0992. The predicted molar refractivity (Wildman–Crippen MR) is 50.4 cm³/mol. The van der Waals surface area contributed by atoms with Gasteiger partial charge in [-0.15, -0.1) is 0 Å². The fraction of sp³-hybridized carbons (Fsp3) is 0.750. The van der Waals surface area contributed by atoms with E-state index in [9.17, 15) is 17.6 Å². The molecule has 1 heterocycles. The summed E-state index contributed by atoms with van der Waals surface area (Å²) in [5.41, 5.74) is 0. The number of nitrogens with zero attached hydrogens (tertiary/aromatic N) is 1. The number of ether oxygens (including phenoxy) is 1. The normalized spacial score (nSPS) is 22.9. The van der Waals surface area contributed by atoms with Gasteiger partial charge in [-0.25, -0.2) is 13.7 Å². The van der Waals surface area contributed by atoms with Gasteiger partial charge in [0.2, 0.25) is 6.17 Å². The number of halogens is 5. The van der Waals surface area contributed by atoms with Crippen LogP contribution in [0.25, 0.3) is 0 Å². The molecule has 1 rings (SSSR count). The van der Waals surface area contributed by atoms with Gasteiger partial charge in [-0.3, -0.25) is 0 Å². The van der Waals surface area contributed by atoms with Crippen LogP contribution in [0.2, 0.25) is 0 Å². The number of morpholine rings is 1. The lowest BCUT2D eigenvalue weighted by Gasteiger charge is -2.34. The Morgan fingerprint density at radius 2 is 1.93 bits per heavy atom. The van der Waals surface area contributed by atoms with Crippen molar-refractivity contribution in [3.63, 3.8) is 0 Å². The first-order valence-corrected chi connectivity index (χ1v) is 5.22. The molecule has 0 aromatic rings. The van der Waals surface area contributed by atoms with Gasteiger partial charge in [-0.05, 0) is 0 Å². The summed E-state index contributed by atoms with van der Waals surface area (Å²) >= 11 is 2.48. The van der Waals surface area contributed by atoms with Crippen LogP contribution >= 0.6 is 15.9 Å². The average molecular weight is 292 g/mol. The van der Waals surface area contributed by atoms with E-state index in [0.29, 0.717) is 9.89 Å². The highest BCUT2D eigenvalue weighted by Gasteiger charge is 2.48. The highest BCUT2D eigenvalue weighted by atomic mass is 79.9. The van der Waals surface area contributed by atoms with Crippen LogP contribution in [0.4, 0.5) is 17.6 Å². The number of alkyl halides is 3. The third-order valence-corrected chi connectivity index (χ3v) is 2.52. The molecule has 0 aromatic carbocycles. The molecule has 1 aliphatic rings. The van der Waals surface area contributed by atoms with Crippen molar-refractivity contribution in [1.82, 2.24) is 4.90 Å². The molecule has 0 aromatic heterocycles. The maximum absolute atomic E-state index is 13.3. The molecule has 7 heteroatoms. The Balaban J connectivity index is 2.71. The lowest BCUT2D eigenvalue weighted by Crippen LogP contribution is -2.53. The molecule has 0 N–H and O–H groups in total. The predicted octanol–water partition coefficient (Wildman–Crippen LogP) is 2.46. The van der Waals surface area contributed by atoms with Crippen LogP contribution in [0.5, 0.6) is 0 Å². The largest absolute Gasteiger partial charge is 0.379 e. The molecule has 0 radical (unpaired) electrons. The molecule has 88 valence electrons. The number of rotatable bonds is 3. The zero-order valence-electron chi connectivity index (χ0n) is 7.73. The van der Waals surface area contributed by atoms with Crippen LogP contribution in [0.1, 0.15) is 0 Å². The van der Waals surface area contributed by atoms with Crippen LogP contribution in [0.3, 0.4) is 0 Å². The van der Waals surface area contributed by atoms with Gasteiger partial charge in [0.25, 0.3) is 0 Å². The zero-order chi connectivity index (χ0) is 11.5. The van der Waals surface area contributed by atoms with E-state index in [1.54, 1.807) is 0 Å². The molecule has 1 unspecified atom stereocenters. The van der Waals surface area contributed by atoms with Gasteiger partial charge in [-0.2, -0.15) is 8.78 Å². The topological polar surface area (TPSA) is 12.5 Å². The summed E-state index contributed by atoms with van der Waals surface area (Å²) in [6, 6.07) is -3.84. The summed E-state index contributed by atoms with van der Waals surface area (Å²) in [6.07, 6.45) is -2.95. The van der Waals surface area contributed by atoms with Crippen molar-refractivity contribution in [2.75, 3.05) is 26.3 Å². The molecule has 1 atom stereocenters. The molecule has 2 nitrogen and oxygen atoms in total. The Labute approximate surface area is 93.0 Å². The first-order valence-electron chi connectivity index (χ1n) is 4.30. The van der Waals surface area contributed by atoms with E-state index in [2.05, 4.69) is 15.9 Å². The standard InChI is InChI=1S/C8H10BrF4NO/c9-5-6(10)7(11)8(12,13)14-1-3-15-4-2-14/h5,7H,1-4H2. The molecule has 15 heavy (non-hydrogen) atoms. The second-order valence-corrected chi connectivity index (χ2v) is 3.50. The third kappa shape index (κ3) is 2.92. The van der Waals surface area contributed by atoms with E-state index in [1.807, 2.05) is 0 Å². The second kappa shape index (κ2) is 5.27. The summed E-state index contributed by atoms with van der Waals surface area (Å²) in [7, 11) is 0. The van der Waals surface area contributed by atoms with Gasteiger partial charge in [-0.1, -0.05) is 15.9 Å². The van der Waals surface area contributed by atoms with E-state index in [1.165, 1.54) is 0 Å². The Hall–Kier alpha value is -0.140. The van der Waals surface area contributed by atoms with Crippen molar-refractivity contribution in [3.8, 4) is 0 Å². The maximum atomic E-state index is 13.3. The number of hydrogen-bond acceptors (Lipinski definition) is 2. The van der Waals surface area contributed by atoms with Gasteiger partial charge < -0.3 is 4.74 Å². The fourth-order valence-electron chi connectivity index (χ4n) is 1.24. The van der Waals surface area contributed by atoms with E-state index in [-0.39, 0.29) is 26.3 Å². The molecule has 0 spiro atoms. The van der Waals surface area contributed by atoms with Crippen molar-refractivity contribution in [1.29, 1.82) is 0 Å². The molecule has 0 amide bonds. The van der Waals surface area contributed by atoms with Gasteiger partial charge in [0, 0.05) is 18.1 Å². The Morgan fingerprint density at radius 1 is 1.40 bits per heavy atom. The Bertz CT molecular complexity index is 243. The van der Waals surface area contributed by atoms with E-state index in [4.69, 9.17) is 4.74 Å². The lowest BCUT2D eigenvalue weighted by atomic mass is 10.2. The van der Waals surface area contributed by atoms with Crippen LogP contribution in [0, 0.1) is 0 Å². The molecular weight excluding hydrogens is 282 g/mol. The van der Waals surface area contributed by atoms with Gasteiger partial charge in [0.1, 0.15) is 5.83 Å². The van der Waals surface area contributed by atoms with Crippen LogP contribution in [-0.2, 0) is 4.74 Å². The third-order valence-electron chi connectivity index (χ3n) is 2.08. The Kier molecular flexibility index (Phi) is 4.54. The zero-order valence-corrected chi connectivity index (χ0v) is 9.31. The summed E-state index contributed by atoms with van der Waals surface area (Å²) in [6.45, 7) is -0.0180. The van der Waals surface area contributed by atoms with Crippen LogP contribution < -0.4 is 0 Å². The van der Waals surface area contributed by atoms with E-state index < -0.39 is 18.0 Å². The highest BCUT2D eigenvalue weighted by molar-refractivity contribution is 9.11. The quantitative estimate of drug-likeness (QED) is 0.585. The van der Waals surface area contributed by atoms with Crippen molar-refractivity contribution in [2.45, 2.75) is 12.2 Å². The van der Waals surface area contributed by atoms with Gasteiger partial charge in [0.05, 0.1) is 13.2 Å². The highest BCUT2D eigenvalue weighted by Crippen LogP contribution is 2.32. The summed E-state index contributed by atoms with van der Waals surface area (Å²) in [5.74, 6) is -1.52. The monoisotopic (exact) mass is 291 g/mol. The van der Waals surface area contributed by atoms with E-state index in [0.717, 1.165) is 0 Å². The first-order chi connectivity index (χ1) is 7.00. The van der Waals surface area contributed by atoms with Crippen molar-refractivity contribution in [2.24, 2.45) is 0 Å². The molecule has 0 bridgehead atoms. The molecule has 1 fully saturated rings. The molecule has 1 aliphatic heterocycles. The van der Waals surface area contributed by atoms with E-state index >= 15 is 0 Å². The smallest absolute Gasteiger partial charge is 0.342 e. The minimum Gasteiger partial charge on any atom is -0.379 e. The number of hydrogen-bond donors (Lipinski definition) is 0. The summed E-state index contributed by atoms with van der Waals surface area (Å²) < 4.78 is 57.2. The van der Waals surface area contributed by atoms with Gasteiger partial charge >= 0.3 is 6.05 Å².